The van der Waals surface area contributed by atoms with Gasteiger partial charge in [-0.3, -0.25) is 0 Å². The zero-order valence-corrected chi connectivity index (χ0v) is 12.4. The number of hydrogen-bond donors (Lipinski definition) is 1. The van der Waals surface area contributed by atoms with E-state index in [1.807, 2.05) is 6.07 Å². The normalized spacial score (nSPS) is 16.9. The van der Waals surface area contributed by atoms with Gasteiger partial charge in [0, 0.05) is 6.04 Å². The Bertz CT molecular complexity index is 589. The summed E-state index contributed by atoms with van der Waals surface area (Å²) in [5, 5.41) is 6.18. The minimum Gasteiger partial charge on any atom is -0.497 e. The van der Waals surface area contributed by atoms with E-state index in [9.17, 15) is 0 Å². The van der Waals surface area contributed by atoms with Gasteiger partial charge in [0.15, 0.2) is 0 Å². The summed E-state index contributed by atoms with van der Waals surface area (Å²) in [5.74, 6) is 1.82. The van der Waals surface area contributed by atoms with Crippen molar-refractivity contribution in [3.05, 3.63) is 42.0 Å². The molecule has 2 aromatic rings. The Hall–Kier alpha value is -1.54. The number of ether oxygens (including phenoxy) is 1. The van der Waals surface area contributed by atoms with Gasteiger partial charge in [0.1, 0.15) is 5.75 Å². The Labute approximate surface area is 121 Å². The summed E-state index contributed by atoms with van der Waals surface area (Å²) in [6.45, 7) is 3.41. The fraction of sp³-hybridized carbons (Fsp3) is 0.444. The molecule has 0 heterocycles. The lowest BCUT2D eigenvalue weighted by Gasteiger charge is -2.27. The van der Waals surface area contributed by atoms with Crippen molar-refractivity contribution >= 4 is 10.8 Å². The van der Waals surface area contributed by atoms with Gasteiger partial charge in [-0.1, -0.05) is 24.6 Å². The molecular weight excluding hydrogens is 246 g/mol. The fourth-order valence-corrected chi connectivity index (χ4v) is 2.80. The van der Waals surface area contributed by atoms with Gasteiger partial charge < -0.3 is 10.1 Å². The summed E-state index contributed by atoms with van der Waals surface area (Å²) in [5.41, 5.74) is 1.36. The average Bonchev–Trinajstić information content (AvgIpc) is 2.44. The van der Waals surface area contributed by atoms with Crippen LogP contribution in [-0.2, 0) is 0 Å². The molecule has 2 heteroatoms. The molecule has 1 atom stereocenters. The van der Waals surface area contributed by atoms with E-state index in [4.69, 9.17) is 4.74 Å². The van der Waals surface area contributed by atoms with E-state index in [2.05, 4.69) is 42.6 Å². The van der Waals surface area contributed by atoms with Crippen molar-refractivity contribution in [3.8, 4) is 5.75 Å². The first-order chi connectivity index (χ1) is 9.76. The largest absolute Gasteiger partial charge is 0.497 e. The molecule has 1 aliphatic rings. The molecule has 1 fully saturated rings. The zero-order chi connectivity index (χ0) is 13.9. The maximum Gasteiger partial charge on any atom is 0.119 e. The lowest BCUT2D eigenvalue weighted by molar-refractivity contribution is 0.292. The maximum absolute atomic E-state index is 5.27. The van der Waals surface area contributed by atoms with Gasteiger partial charge in [0.25, 0.3) is 0 Å². The highest BCUT2D eigenvalue weighted by molar-refractivity contribution is 5.84. The molecule has 0 radical (unpaired) electrons. The smallest absolute Gasteiger partial charge is 0.119 e. The third-order valence-electron chi connectivity index (χ3n) is 4.51. The molecule has 0 spiro atoms. The molecule has 0 saturated heterocycles. The van der Waals surface area contributed by atoms with Crippen LogP contribution in [-0.4, -0.2) is 13.7 Å². The van der Waals surface area contributed by atoms with Crippen molar-refractivity contribution in [3.63, 3.8) is 0 Å². The first-order valence-corrected chi connectivity index (χ1v) is 7.57. The lowest BCUT2D eigenvalue weighted by Crippen LogP contribution is -2.29. The van der Waals surface area contributed by atoms with Crippen LogP contribution in [0, 0.1) is 5.92 Å². The van der Waals surface area contributed by atoms with Crippen molar-refractivity contribution in [2.24, 2.45) is 5.92 Å². The van der Waals surface area contributed by atoms with E-state index in [-0.39, 0.29) is 0 Å². The van der Waals surface area contributed by atoms with Crippen molar-refractivity contribution in [1.29, 1.82) is 0 Å². The Morgan fingerprint density at radius 2 is 1.90 bits per heavy atom. The van der Waals surface area contributed by atoms with Gasteiger partial charge in [-0.15, -0.1) is 0 Å². The minimum absolute atomic E-state index is 0.419. The predicted molar refractivity (Wildman–Crippen MR) is 84.3 cm³/mol. The molecule has 20 heavy (non-hydrogen) atoms. The maximum atomic E-state index is 5.27. The van der Waals surface area contributed by atoms with E-state index in [0.29, 0.717) is 6.04 Å². The van der Waals surface area contributed by atoms with E-state index in [0.717, 1.165) is 18.2 Å². The molecule has 1 N–H and O–H groups in total. The Morgan fingerprint density at radius 1 is 1.15 bits per heavy atom. The summed E-state index contributed by atoms with van der Waals surface area (Å²) >= 11 is 0. The van der Waals surface area contributed by atoms with Gasteiger partial charge >= 0.3 is 0 Å². The van der Waals surface area contributed by atoms with Gasteiger partial charge in [-0.2, -0.15) is 0 Å². The fourth-order valence-electron chi connectivity index (χ4n) is 2.80. The first-order valence-electron chi connectivity index (χ1n) is 7.57. The van der Waals surface area contributed by atoms with Crippen LogP contribution in [0.2, 0.25) is 0 Å². The summed E-state index contributed by atoms with van der Waals surface area (Å²) in [7, 11) is 1.71. The molecule has 0 aromatic heterocycles. The molecule has 2 nitrogen and oxygen atoms in total. The third kappa shape index (κ3) is 2.80. The summed E-state index contributed by atoms with van der Waals surface area (Å²) in [6.07, 6.45) is 4.22. The molecule has 0 amide bonds. The van der Waals surface area contributed by atoms with Crippen molar-refractivity contribution < 1.29 is 4.74 Å². The molecule has 1 aliphatic carbocycles. The molecule has 0 aliphatic heterocycles. The summed E-state index contributed by atoms with van der Waals surface area (Å²) in [6, 6.07) is 13.4. The SMILES string of the molecule is COc1ccc2cc(C(C)NCC3CCC3)ccc2c1. The minimum atomic E-state index is 0.419. The predicted octanol–water partition coefficient (Wildman–Crippen LogP) is 4.30. The van der Waals surface area contributed by atoms with E-state index < -0.39 is 0 Å². The van der Waals surface area contributed by atoms with Crippen LogP contribution in [0.5, 0.6) is 5.75 Å². The number of nitrogens with one attached hydrogen (secondary N) is 1. The van der Waals surface area contributed by atoms with Crippen LogP contribution in [0.3, 0.4) is 0 Å². The van der Waals surface area contributed by atoms with Gasteiger partial charge in [0.2, 0.25) is 0 Å². The van der Waals surface area contributed by atoms with E-state index in [1.165, 1.54) is 35.6 Å². The highest BCUT2D eigenvalue weighted by atomic mass is 16.5. The van der Waals surface area contributed by atoms with Gasteiger partial charge in [0.05, 0.1) is 7.11 Å². The average molecular weight is 269 g/mol. The van der Waals surface area contributed by atoms with Crippen LogP contribution in [0.25, 0.3) is 10.8 Å². The number of methoxy groups -OCH3 is 1. The monoisotopic (exact) mass is 269 g/mol. The second-order valence-electron chi connectivity index (χ2n) is 5.90. The molecule has 3 rings (SSSR count). The standard InChI is InChI=1S/C18H23NO/c1-13(19-12-14-4-3-5-14)15-6-7-17-11-18(20-2)9-8-16(17)10-15/h6-11,13-14,19H,3-5,12H2,1-2H3. The molecule has 0 bridgehead atoms. The number of benzene rings is 2. The number of fused-ring (bicyclic) bond motifs is 1. The lowest BCUT2D eigenvalue weighted by atomic mass is 9.85. The van der Waals surface area contributed by atoms with Crippen LogP contribution >= 0.6 is 0 Å². The molecule has 106 valence electrons. The number of rotatable bonds is 5. The van der Waals surface area contributed by atoms with E-state index in [1.54, 1.807) is 7.11 Å². The zero-order valence-electron chi connectivity index (χ0n) is 12.4. The molecular formula is C18H23NO. The second-order valence-corrected chi connectivity index (χ2v) is 5.90. The topological polar surface area (TPSA) is 21.3 Å². The molecule has 2 aromatic carbocycles. The van der Waals surface area contributed by atoms with Crippen LogP contribution in [0.15, 0.2) is 36.4 Å². The quantitative estimate of drug-likeness (QED) is 0.874. The number of hydrogen-bond acceptors (Lipinski definition) is 2. The highest BCUT2D eigenvalue weighted by Gasteiger charge is 2.18. The van der Waals surface area contributed by atoms with E-state index >= 15 is 0 Å². The Balaban J connectivity index is 1.73. The van der Waals surface area contributed by atoms with Gasteiger partial charge in [-0.05, 0) is 66.8 Å². The molecule has 1 saturated carbocycles. The third-order valence-corrected chi connectivity index (χ3v) is 4.51. The highest BCUT2D eigenvalue weighted by Crippen LogP contribution is 2.27. The van der Waals surface area contributed by atoms with Crippen molar-refractivity contribution in [2.45, 2.75) is 32.2 Å². The van der Waals surface area contributed by atoms with Gasteiger partial charge in [-0.25, -0.2) is 0 Å². The first kappa shape index (κ1) is 13.4. The molecule has 1 unspecified atom stereocenters. The van der Waals surface area contributed by atoms with Crippen LogP contribution in [0.4, 0.5) is 0 Å². The summed E-state index contributed by atoms with van der Waals surface area (Å²) < 4.78 is 5.27. The summed E-state index contributed by atoms with van der Waals surface area (Å²) in [4.78, 5) is 0. The Morgan fingerprint density at radius 3 is 2.60 bits per heavy atom. The van der Waals surface area contributed by atoms with Crippen LogP contribution < -0.4 is 10.1 Å². The second kappa shape index (κ2) is 5.84. The van der Waals surface area contributed by atoms with Crippen LogP contribution in [0.1, 0.15) is 37.8 Å². The van der Waals surface area contributed by atoms with Crippen molar-refractivity contribution in [1.82, 2.24) is 5.32 Å². The van der Waals surface area contributed by atoms with Crippen molar-refractivity contribution in [2.75, 3.05) is 13.7 Å². The Kier molecular flexibility index (Phi) is 3.93.